The van der Waals surface area contributed by atoms with Crippen LogP contribution in [0.1, 0.15) is 27.2 Å². The zero-order valence-electron chi connectivity index (χ0n) is 9.64. The first-order valence-electron chi connectivity index (χ1n) is 5.80. The smallest absolute Gasteiger partial charge is 0.158 e. The Morgan fingerprint density at radius 1 is 1.29 bits per heavy atom. The quantitative estimate of drug-likeness (QED) is 0.673. The fourth-order valence-electron chi connectivity index (χ4n) is 2.77. The number of ketones is 1. The molecule has 0 aliphatic carbocycles. The van der Waals surface area contributed by atoms with Crippen molar-refractivity contribution in [2.45, 2.75) is 50.9 Å². The molecule has 0 aromatic rings. The molecule has 0 N–H and O–H groups in total. The van der Waals surface area contributed by atoms with Crippen LogP contribution in [-0.4, -0.2) is 27.1 Å². The molecule has 82 valence electrons. The van der Waals surface area contributed by atoms with Crippen molar-refractivity contribution in [3.05, 3.63) is 0 Å². The Hall–Kier alpha value is -0.153. The lowest BCUT2D eigenvalue weighted by molar-refractivity contribution is -0.127. The average Bonchev–Trinajstić information content (AvgIpc) is 2.24. The number of ether oxygens (including phenoxy) is 1. The largest absolute Gasteiger partial charge is 0.374 e. The number of rotatable bonds is 4. The standard InChI is InChI=1S/C11H22O2Si/c1-4-14(5-2,6-3)11-7-8-13-9-10(11)12/h11H,4-9H2,1-3H3. The van der Waals surface area contributed by atoms with Crippen LogP contribution < -0.4 is 0 Å². The van der Waals surface area contributed by atoms with Crippen LogP contribution in [0, 0.1) is 0 Å². The summed E-state index contributed by atoms with van der Waals surface area (Å²) < 4.78 is 5.21. The fourth-order valence-corrected chi connectivity index (χ4v) is 7.25. The molecule has 1 aliphatic heterocycles. The summed E-state index contributed by atoms with van der Waals surface area (Å²) in [6.07, 6.45) is 0.987. The van der Waals surface area contributed by atoms with E-state index >= 15 is 0 Å². The molecule has 0 spiro atoms. The number of hydrogen-bond acceptors (Lipinski definition) is 2. The highest BCUT2D eigenvalue weighted by Gasteiger charge is 2.41. The number of carbonyl (C=O) groups is 1. The van der Waals surface area contributed by atoms with Gasteiger partial charge in [-0.25, -0.2) is 0 Å². The van der Waals surface area contributed by atoms with Crippen molar-refractivity contribution in [1.29, 1.82) is 0 Å². The van der Waals surface area contributed by atoms with Gasteiger partial charge in [-0.1, -0.05) is 38.9 Å². The predicted molar refractivity (Wildman–Crippen MR) is 61.4 cm³/mol. The molecule has 0 bridgehead atoms. The third-order valence-corrected chi connectivity index (χ3v) is 10.3. The maximum atomic E-state index is 11.8. The van der Waals surface area contributed by atoms with Gasteiger partial charge in [-0.15, -0.1) is 0 Å². The summed E-state index contributed by atoms with van der Waals surface area (Å²) in [7, 11) is -1.31. The molecular weight excluding hydrogens is 192 g/mol. The van der Waals surface area contributed by atoms with E-state index in [-0.39, 0.29) is 0 Å². The third kappa shape index (κ3) is 2.09. The van der Waals surface area contributed by atoms with Gasteiger partial charge in [-0.3, -0.25) is 4.79 Å². The zero-order valence-corrected chi connectivity index (χ0v) is 10.6. The van der Waals surface area contributed by atoms with Gasteiger partial charge in [0.1, 0.15) is 6.61 Å². The first-order valence-corrected chi connectivity index (χ1v) is 8.50. The van der Waals surface area contributed by atoms with E-state index in [1.165, 1.54) is 18.1 Å². The summed E-state index contributed by atoms with van der Waals surface area (Å²) in [6.45, 7) is 7.97. The number of hydrogen-bond donors (Lipinski definition) is 0. The molecule has 14 heavy (non-hydrogen) atoms. The van der Waals surface area contributed by atoms with Gasteiger partial charge in [0.15, 0.2) is 5.78 Å². The molecule has 0 aromatic carbocycles. The molecule has 3 heteroatoms. The number of Topliss-reactive ketones (excluding diaryl/α,β-unsaturated/α-hetero) is 1. The van der Waals surface area contributed by atoms with Crippen LogP contribution in [0.2, 0.25) is 23.7 Å². The van der Waals surface area contributed by atoms with Crippen LogP contribution in [0.3, 0.4) is 0 Å². The van der Waals surface area contributed by atoms with Crippen LogP contribution >= 0.6 is 0 Å². The molecule has 1 heterocycles. The minimum absolute atomic E-state index is 0.374. The molecule has 1 fully saturated rings. The number of carbonyl (C=O) groups excluding carboxylic acids is 1. The van der Waals surface area contributed by atoms with E-state index in [4.69, 9.17) is 4.74 Å². The van der Waals surface area contributed by atoms with Crippen molar-refractivity contribution in [3.8, 4) is 0 Å². The zero-order chi connectivity index (χ0) is 10.6. The van der Waals surface area contributed by atoms with Crippen molar-refractivity contribution in [3.63, 3.8) is 0 Å². The van der Waals surface area contributed by atoms with Crippen molar-refractivity contribution >= 4 is 13.9 Å². The van der Waals surface area contributed by atoms with E-state index in [0.717, 1.165) is 13.0 Å². The van der Waals surface area contributed by atoms with E-state index in [2.05, 4.69) is 20.8 Å². The van der Waals surface area contributed by atoms with Crippen LogP contribution in [0.25, 0.3) is 0 Å². The first-order chi connectivity index (χ1) is 6.70. The van der Waals surface area contributed by atoms with Gasteiger partial charge in [0.05, 0.1) is 8.07 Å². The van der Waals surface area contributed by atoms with Crippen molar-refractivity contribution < 1.29 is 9.53 Å². The second-order valence-electron chi connectivity index (χ2n) is 4.28. The van der Waals surface area contributed by atoms with Gasteiger partial charge in [0.25, 0.3) is 0 Å². The lowest BCUT2D eigenvalue weighted by Crippen LogP contribution is -2.45. The Kier molecular flexibility index (Phi) is 4.32. The highest BCUT2D eigenvalue weighted by molar-refractivity contribution is 6.83. The summed E-state index contributed by atoms with van der Waals surface area (Å²) in [4.78, 5) is 11.8. The third-order valence-electron chi connectivity index (χ3n) is 4.04. The van der Waals surface area contributed by atoms with Gasteiger partial charge in [-0.05, 0) is 6.42 Å². The van der Waals surface area contributed by atoms with E-state index in [1.807, 2.05) is 0 Å². The second kappa shape index (κ2) is 5.08. The Morgan fingerprint density at radius 2 is 1.86 bits per heavy atom. The van der Waals surface area contributed by atoms with Crippen LogP contribution in [0.4, 0.5) is 0 Å². The SMILES string of the molecule is CC[Si](CC)(CC)C1CCOCC1=O. The van der Waals surface area contributed by atoms with Crippen LogP contribution in [-0.2, 0) is 9.53 Å². The lowest BCUT2D eigenvalue weighted by Gasteiger charge is -2.38. The van der Waals surface area contributed by atoms with Gasteiger partial charge in [-0.2, -0.15) is 0 Å². The van der Waals surface area contributed by atoms with E-state index in [0.29, 0.717) is 17.9 Å². The second-order valence-corrected chi connectivity index (χ2v) is 9.83. The summed E-state index contributed by atoms with van der Waals surface area (Å²) >= 11 is 0. The molecule has 1 aliphatic rings. The van der Waals surface area contributed by atoms with Gasteiger partial charge in [0.2, 0.25) is 0 Å². The molecule has 1 rings (SSSR count). The van der Waals surface area contributed by atoms with Crippen molar-refractivity contribution in [1.82, 2.24) is 0 Å². The summed E-state index contributed by atoms with van der Waals surface area (Å²) in [5, 5.41) is 0. The molecule has 2 nitrogen and oxygen atoms in total. The highest BCUT2D eigenvalue weighted by Crippen LogP contribution is 2.37. The van der Waals surface area contributed by atoms with Gasteiger partial charge < -0.3 is 4.74 Å². The Morgan fingerprint density at radius 3 is 2.29 bits per heavy atom. The minimum Gasteiger partial charge on any atom is -0.374 e. The molecule has 1 unspecified atom stereocenters. The minimum atomic E-state index is -1.31. The Labute approximate surface area is 88.0 Å². The van der Waals surface area contributed by atoms with Gasteiger partial charge in [0, 0.05) is 12.1 Å². The first kappa shape index (κ1) is 11.9. The summed E-state index contributed by atoms with van der Waals surface area (Å²) in [6, 6.07) is 3.74. The van der Waals surface area contributed by atoms with Crippen molar-refractivity contribution in [2.24, 2.45) is 0 Å². The van der Waals surface area contributed by atoms with E-state index in [1.54, 1.807) is 0 Å². The monoisotopic (exact) mass is 214 g/mol. The topological polar surface area (TPSA) is 26.3 Å². The molecule has 0 amide bonds. The molecule has 0 saturated carbocycles. The molecule has 1 atom stereocenters. The molecule has 0 radical (unpaired) electrons. The normalized spacial score (nSPS) is 23.9. The molecule has 1 saturated heterocycles. The summed E-state index contributed by atoms with van der Waals surface area (Å²) in [5.41, 5.74) is 0.385. The lowest BCUT2D eigenvalue weighted by atomic mass is 10.2. The van der Waals surface area contributed by atoms with Crippen molar-refractivity contribution in [2.75, 3.05) is 13.2 Å². The van der Waals surface area contributed by atoms with E-state index < -0.39 is 8.07 Å². The predicted octanol–water partition coefficient (Wildman–Crippen LogP) is 2.85. The molecule has 0 aromatic heterocycles. The van der Waals surface area contributed by atoms with E-state index in [9.17, 15) is 4.79 Å². The maximum Gasteiger partial charge on any atom is 0.158 e. The fraction of sp³-hybridized carbons (Fsp3) is 0.909. The Bertz CT molecular complexity index is 191. The molecular formula is C11H22O2Si. The van der Waals surface area contributed by atoms with Crippen LogP contribution in [0.15, 0.2) is 0 Å². The van der Waals surface area contributed by atoms with Crippen LogP contribution in [0.5, 0.6) is 0 Å². The maximum absolute atomic E-state index is 11.8. The van der Waals surface area contributed by atoms with Gasteiger partial charge >= 0.3 is 0 Å². The highest BCUT2D eigenvalue weighted by atomic mass is 28.3. The Balaban J connectivity index is 2.79. The average molecular weight is 214 g/mol. The summed E-state index contributed by atoms with van der Waals surface area (Å²) in [5.74, 6) is 0.383.